The molecule has 0 bridgehead atoms. The molecule has 218 valence electrons. The van der Waals surface area contributed by atoms with Crippen LogP contribution in [-0.2, 0) is 0 Å². The Morgan fingerprint density at radius 3 is 0.806 bits per heavy atom. The van der Waals surface area contributed by atoms with Gasteiger partial charge in [0.2, 0.25) is 0 Å². The Hall–Kier alpha value is -0.840. The van der Waals surface area contributed by atoms with E-state index in [0.717, 1.165) is 0 Å². The fourth-order valence-corrected chi connectivity index (χ4v) is 4.92. The Labute approximate surface area is 226 Å². The fourth-order valence-electron chi connectivity index (χ4n) is 4.92. The lowest BCUT2D eigenvalue weighted by molar-refractivity contribution is -0.742. The number of hydrogen-bond donors (Lipinski definition) is 1. The fraction of sp³-hybridized carbons (Fsp3) is 1.00. The number of hydrogen-bond acceptors (Lipinski definition) is 3. The van der Waals surface area contributed by atoms with Gasteiger partial charge in [0.1, 0.15) is 0 Å². The maximum absolute atomic E-state index is 8.36. The zero-order valence-electron chi connectivity index (χ0n) is 25.0. The Bertz CT molecular complexity index is 379. The Morgan fingerprint density at radius 2 is 0.611 bits per heavy atom. The third-order valence-corrected chi connectivity index (χ3v) is 7.23. The highest BCUT2D eigenvalue weighted by Crippen LogP contribution is 2.13. The van der Waals surface area contributed by atoms with Gasteiger partial charge in [0.05, 0.1) is 0 Å². The second kappa shape index (κ2) is 34.2. The molecule has 0 unspecified atom stereocenters. The molecule has 0 aromatic carbocycles. The lowest BCUT2D eigenvalue weighted by Gasteiger charge is -2.22. The van der Waals surface area contributed by atoms with Gasteiger partial charge in [0.25, 0.3) is 5.09 Å². The molecule has 0 rings (SSSR count). The Balaban J connectivity index is 0. The van der Waals surface area contributed by atoms with E-state index in [2.05, 4.69) is 25.7 Å². The number of rotatable bonds is 28. The molecule has 0 atom stereocenters. The highest BCUT2D eigenvalue weighted by Gasteiger charge is 2.05. The highest BCUT2D eigenvalue weighted by molar-refractivity contribution is 4.60. The van der Waals surface area contributed by atoms with Crippen molar-refractivity contribution in [2.45, 2.75) is 181 Å². The molecule has 0 heterocycles. The van der Waals surface area contributed by atoms with Crippen LogP contribution in [0, 0.1) is 10.1 Å². The topological polar surface area (TPSA) is 66.6 Å². The SMILES string of the molecule is CCCCCCCCCCCCN(CCCCCCC)CCCCCCCCCCCC.O=[N+]([O-])O. The highest BCUT2D eigenvalue weighted by atomic mass is 16.9. The summed E-state index contributed by atoms with van der Waals surface area (Å²) in [5, 5.41) is 13.6. The van der Waals surface area contributed by atoms with Crippen molar-refractivity contribution >= 4 is 0 Å². The van der Waals surface area contributed by atoms with Crippen molar-refractivity contribution in [3.63, 3.8) is 0 Å². The third kappa shape index (κ3) is 37.7. The molecule has 0 spiro atoms. The van der Waals surface area contributed by atoms with Gasteiger partial charge in [-0.05, 0) is 38.9 Å². The molecule has 0 aromatic heterocycles. The van der Waals surface area contributed by atoms with E-state index in [4.69, 9.17) is 15.3 Å². The summed E-state index contributed by atoms with van der Waals surface area (Å²) in [7, 11) is 0. The molecule has 0 aliphatic heterocycles. The zero-order chi connectivity index (χ0) is 27.0. The lowest BCUT2D eigenvalue weighted by Crippen LogP contribution is -2.27. The van der Waals surface area contributed by atoms with Crippen LogP contribution in [-0.4, -0.2) is 34.8 Å². The van der Waals surface area contributed by atoms with E-state index < -0.39 is 5.09 Å². The average molecular weight is 515 g/mol. The molecule has 5 heteroatoms. The molecule has 0 aliphatic rings. The van der Waals surface area contributed by atoms with Crippen LogP contribution >= 0.6 is 0 Å². The molecule has 5 nitrogen and oxygen atoms in total. The van der Waals surface area contributed by atoms with E-state index in [0.29, 0.717) is 0 Å². The minimum Gasteiger partial charge on any atom is -0.328 e. The van der Waals surface area contributed by atoms with Gasteiger partial charge in [-0.25, -0.2) is 0 Å². The van der Waals surface area contributed by atoms with Crippen LogP contribution in [0.4, 0.5) is 0 Å². The normalized spacial score (nSPS) is 11.0. The molecule has 0 amide bonds. The van der Waals surface area contributed by atoms with E-state index >= 15 is 0 Å². The van der Waals surface area contributed by atoms with Gasteiger partial charge < -0.3 is 10.1 Å². The summed E-state index contributed by atoms with van der Waals surface area (Å²) in [5.74, 6) is 0. The minimum absolute atomic E-state index is 1.36. The largest absolute Gasteiger partial charge is 0.328 e. The van der Waals surface area contributed by atoms with Crippen molar-refractivity contribution in [1.82, 2.24) is 4.90 Å². The quantitative estimate of drug-likeness (QED) is 0.0640. The number of unbranched alkanes of at least 4 members (excludes halogenated alkanes) is 22. The summed E-state index contributed by atoms with van der Waals surface area (Å²) in [6, 6.07) is 0. The third-order valence-electron chi connectivity index (χ3n) is 7.23. The Kier molecular flexibility index (Phi) is 35.4. The van der Waals surface area contributed by atoms with Crippen LogP contribution in [0.25, 0.3) is 0 Å². The summed E-state index contributed by atoms with van der Waals surface area (Å²) in [5.41, 5.74) is 0. The van der Waals surface area contributed by atoms with Crippen LogP contribution in [0.5, 0.6) is 0 Å². The van der Waals surface area contributed by atoms with Gasteiger partial charge in [-0.2, -0.15) is 0 Å². The van der Waals surface area contributed by atoms with Crippen molar-refractivity contribution in [3.05, 3.63) is 10.1 Å². The summed E-state index contributed by atoms with van der Waals surface area (Å²) >= 11 is 0. The van der Waals surface area contributed by atoms with Gasteiger partial charge in [0, 0.05) is 0 Å². The first-order chi connectivity index (χ1) is 17.6. The predicted octanol–water partition coefficient (Wildman–Crippen LogP) is 10.8. The van der Waals surface area contributed by atoms with Crippen molar-refractivity contribution in [2.75, 3.05) is 19.6 Å². The summed E-state index contributed by atoms with van der Waals surface area (Å²) < 4.78 is 0. The van der Waals surface area contributed by atoms with Gasteiger partial charge in [0.15, 0.2) is 0 Å². The second-order valence-electron chi connectivity index (χ2n) is 10.9. The molecule has 0 saturated heterocycles. The smallest absolute Gasteiger partial charge is 0.291 e. The van der Waals surface area contributed by atoms with Crippen LogP contribution < -0.4 is 0 Å². The van der Waals surface area contributed by atoms with E-state index in [1.807, 2.05) is 0 Å². The Morgan fingerprint density at radius 1 is 0.444 bits per heavy atom. The molecule has 0 saturated carbocycles. The molecule has 0 aromatic rings. The van der Waals surface area contributed by atoms with Gasteiger partial charge >= 0.3 is 0 Å². The molecular formula is C31H66N2O3. The van der Waals surface area contributed by atoms with Crippen LogP contribution in [0.3, 0.4) is 0 Å². The van der Waals surface area contributed by atoms with Crippen molar-refractivity contribution in [1.29, 1.82) is 0 Å². The average Bonchev–Trinajstić information content (AvgIpc) is 2.85. The van der Waals surface area contributed by atoms with E-state index in [9.17, 15) is 0 Å². The summed E-state index contributed by atoms with van der Waals surface area (Å²) in [6.07, 6.45) is 36.2. The molecule has 0 aliphatic carbocycles. The van der Waals surface area contributed by atoms with E-state index in [1.54, 1.807) is 0 Å². The first-order valence-electron chi connectivity index (χ1n) is 16.1. The lowest BCUT2D eigenvalue weighted by atomic mass is 10.1. The summed E-state index contributed by atoms with van der Waals surface area (Å²) in [4.78, 5) is 11.2. The van der Waals surface area contributed by atoms with E-state index in [1.165, 1.54) is 180 Å². The van der Waals surface area contributed by atoms with Crippen molar-refractivity contribution in [2.24, 2.45) is 0 Å². The molecule has 36 heavy (non-hydrogen) atoms. The van der Waals surface area contributed by atoms with E-state index in [-0.39, 0.29) is 0 Å². The minimum atomic E-state index is -1.50. The second-order valence-corrected chi connectivity index (χ2v) is 10.9. The molecule has 0 radical (unpaired) electrons. The van der Waals surface area contributed by atoms with Gasteiger partial charge in [-0.15, -0.1) is 10.1 Å². The van der Waals surface area contributed by atoms with Crippen molar-refractivity contribution < 1.29 is 10.3 Å². The van der Waals surface area contributed by atoms with Gasteiger partial charge in [-0.1, -0.05) is 162 Å². The zero-order valence-corrected chi connectivity index (χ0v) is 25.0. The molecule has 1 N–H and O–H groups in total. The first-order valence-corrected chi connectivity index (χ1v) is 16.1. The monoisotopic (exact) mass is 515 g/mol. The van der Waals surface area contributed by atoms with Crippen LogP contribution in [0.15, 0.2) is 0 Å². The predicted molar refractivity (Wildman–Crippen MR) is 158 cm³/mol. The molecule has 0 fully saturated rings. The maximum atomic E-state index is 8.36. The number of nitrogens with zero attached hydrogens (tertiary/aromatic N) is 2. The van der Waals surface area contributed by atoms with Crippen molar-refractivity contribution in [3.8, 4) is 0 Å². The van der Waals surface area contributed by atoms with Crippen LogP contribution in [0.2, 0.25) is 0 Å². The van der Waals surface area contributed by atoms with Gasteiger partial charge in [-0.3, -0.25) is 0 Å². The molecular weight excluding hydrogens is 448 g/mol. The summed E-state index contributed by atoms with van der Waals surface area (Å²) in [6.45, 7) is 11.0. The standard InChI is InChI=1S/C31H65N.HNO3/c1-4-7-10-13-15-17-19-21-24-27-30-32(29-26-23-12-9-6-3)31-28-25-22-20-18-16-14-11-8-5-2;2-1(3)4/h4-31H2,1-3H3;(H,2,3,4). The first kappa shape index (κ1) is 37.3. The maximum Gasteiger partial charge on any atom is 0.291 e. The van der Waals surface area contributed by atoms with Crippen LogP contribution in [0.1, 0.15) is 181 Å².